The van der Waals surface area contributed by atoms with Crippen LogP contribution in [0.2, 0.25) is 0 Å². The van der Waals surface area contributed by atoms with E-state index in [2.05, 4.69) is 25.6 Å². The average Bonchev–Trinajstić information content (AvgIpc) is 3.12. The van der Waals surface area contributed by atoms with Crippen molar-refractivity contribution in [1.29, 1.82) is 0 Å². The van der Waals surface area contributed by atoms with Crippen LogP contribution >= 0.6 is 0 Å². The third-order valence-corrected chi connectivity index (χ3v) is 2.83. The lowest BCUT2D eigenvalue weighted by molar-refractivity contribution is 0.101. The normalized spacial score (nSPS) is 10.5. The SMILES string of the molecule is Nc1n[nH]c(C(=O)Nc2ccc(Cn3cccn3)cc2)n1. The smallest absolute Gasteiger partial charge is 0.293 e. The molecule has 0 fully saturated rings. The lowest BCUT2D eigenvalue weighted by Crippen LogP contribution is -2.13. The summed E-state index contributed by atoms with van der Waals surface area (Å²) in [5, 5.41) is 12.9. The molecule has 2 aromatic heterocycles. The quantitative estimate of drug-likeness (QED) is 0.657. The number of hydrogen-bond donors (Lipinski definition) is 3. The zero-order valence-electron chi connectivity index (χ0n) is 11.0. The van der Waals surface area contributed by atoms with E-state index in [1.54, 1.807) is 6.20 Å². The number of nitrogen functional groups attached to an aromatic ring is 1. The van der Waals surface area contributed by atoms with Gasteiger partial charge in [-0.25, -0.2) is 0 Å². The summed E-state index contributed by atoms with van der Waals surface area (Å²) in [6, 6.07) is 9.35. The molecule has 0 unspecified atom stereocenters. The molecule has 3 rings (SSSR count). The summed E-state index contributed by atoms with van der Waals surface area (Å²) in [5.74, 6) is -0.276. The lowest BCUT2D eigenvalue weighted by atomic mass is 10.2. The average molecular weight is 283 g/mol. The lowest BCUT2D eigenvalue weighted by Gasteiger charge is -2.05. The van der Waals surface area contributed by atoms with E-state index in [1.807, 2.05) is 41.2 Å². The first-order valence-corrected chi connectivity index (χ1v) is 6.26. The Labute approximate surface area is 120 Å². The maximum absolute atomic E-state index is 11.9. The summed E-state index contributed by atoms with van der Waals surface area (Å²) in [4.78, 5) is 15.6. The maximum atomic E-state index is 11.9. The van der Waals surface area contributed by atoms with Gasteiger partial charge in [-0.05, 0) is 23.8 Å². The number of nitrogens with zero attached hydrogens (tertiary/aromatic N) is 4. The summed E-state index contributed by atoms with van der Waals surface area (Å²) in [6.45, 7) is 0.680. The number of hydrogen-bond acceptors (Lipinski definition) is 5. The van der Waals surface area contributed by atoms with Crippen molar-refractivity contribution in [2.24, 2.45) is 0 Å². The molecule has 0 saturated heterocycles. The highest BCUT2D eigenvalue weighted by Crippen LogP contribution is 2.11. The summed E-state index contributed by atoms with van der Waals surface area (Å²) < 4.78 is 1.82. The first-order valence-electron chi connectivity index (χ1n) is 6.26. The van der Waals surface area contributed by atoms with Crippen molar-refractivity contribution in [1.82, 2.24) is 25.0 Å². The van der Waals surface area contributed by atoms with Gasteiger partial charge in [0.05, 0.1) is 6.54 Å². The molecular formula is C13H13N7O. The van der Waals surface area contributed by atoms with Crippen molar-refractivity contribution in [3.8, 4) is 0 Å². The van der Waals surface area contributed by atoms with Crippen LogP contribution in [0.15, 0.2) is 42.7 Å². The summed E-state index contributed by atoms with van der Waals surface area (Å²) in [5.41, 5.74) is 7.10. The van der Waals surface area contributed by atoms with Gasteiger partial charge in [-0.1, -0.05) is 12.1 Å². The minimum atomic E-state index is -0.390. The Bertz CT molecular complexity index is 730. The van der Waals surface area contributed by atoms with E-state index < -0.39 is 0 Å². The standard InChI is InChI=1S/C13H13N7O/c14-13-17-11(18-19-13)12(21)16-10-4-2-9(3-5-10)8-20-7-1-6-15-20/h1-7H,8H2,(H,16,21)(H3,14,17,18,19). The van der Waals surface area contributed by atoms with E-state index in [1.165, 1.54) is 0 Å². The van der Waals surface area contributed by atoms with Crippen LogP contribution in [0.5, 0.6) is 0 Å². The van der Waals surface area contributed by atoms with Crippen LogP contribution in [0.1, 0.15) is 16.2 Å². The van der Waals surface area contributed by atoms with Crippen LogP contribution in [-0.2, 0) is 6.54 Å². The molecule has 4 N–H and O–H groups in total. The molecule has 0 bridgehead atoms. The Hall–Kier alpha value is -3.16. The highest BCUT2D eigenvalue weighted by Gasteiger charge is 2.10. The predicted octanol–water partition coefficient (Wildman–Crippen LogP) is 0.884. The van der Waals surface area contributed by atoms with E-state index >= 15 is 0 Å². The van der Waals surface area contributed by atoms with Crippen LogP contribution in [-0.4, -0.2) is 30.9 Å². The van der Waals surface area contributed by atoms with E-state index in [9.17, 15) is 4.79 Å². The van der Waals surface area contributed by atoms with Crippen molar-refractivity contribution < 1.29 is 4.79 Å². The second kappa shape index (κ2) is 5.45. The molecule has 0 saturated carbocycles. The highest BCUT2D eigenvalue weighted by atomic mass is 16.2. The van der Waals surface area contributed by atoms with Crippen molar-refractivity contribution in [2.45, 2.75) is 6.54 Å². The van der Waals surface area contributed by atoms with Gasteiger partial charge in [-0.2, -0.15) is 10.1 Å². The molecule has 21 heavy (non-hydrogen) atoms. The molecular weight excluding hydrogens is 270 g/mol. The number of carbonyl (C=O) groups is 1. The third-order valence-electron chi connectivity index (χ3n) is 2.83. The number of nitrogens with two attached hydrogens (primary N) is 1. The highest BCUT2D eigenvalue weighted by molar-refractivity contribution is 6.01. The molecule has 0 aliphatic heterocycles. The Morgan fingerprint density at radius 3 is 2.76 bits per heavy atom. The largest absolute Gasteiger partial charge is 0.366 e. The Morgan fingerprint density at radius 2 is 2.14 bits per heavy atom. The van der Waals surface area contributed by atoms with Gasteiger partial charge in [0.15, 0.2) is 0 Å². The van der Waals surface area contributed by atoms with Crippen LogP contribution in [0.25, 0.3) is 0 Å². The minimum absolute atomic E-state index is 0.0368. The summed E-state index contributed by atoms with van der Waals surface area (Å²) in [6.07, 6.45) is 3.63. The third kappa shape index (κ3) is 3.06. The van der Waals surface area contributed by atoms with Gasteiger partial charge >= 0.3 is 0 Å². The number of H-pyrrole nitrogens is 1. The molecule has 0 radical (unpaired) electrons. The molecule has 0 atom stereocenters. The topological polar surface area (TPSA) is 115 Å². The zero-order valence-corrected chi connectivity index (χ0v) is 11.0. The van der Waals surface area contributed by atoms with Crippen molar-refractivity contribution in [3.05, 3.63) is 54.1 Å². The van der Waals surface area contributed by atoms with E-state index in [4.69, 9.17) is 5.73 Å². The van der Waals surface area contributed by atoms with Gasteiger partial charge in [0.25, 0.3) is 5.91 Å². The molecule has 106 valence electrons. The Balaban J connectivity index is 1.65. The zero-order chi connectivity index (χ0) is 14.7. The molecule has 0 aliphatic carbocycles. The minimum Gasteiger partial charge on any atom is -0.366 e. The van der Waals surface area contributed by atoms with Gasteiger partial charge in [-0.15, -0.1) is 5.10 Å². The monoisotopic (exact) mass is 283 g/mol. The van der Waals surface area contributed by atoms with Crippen LogP contribution < -0.4 is 11.1 Å². The molecule has 8 nitrogen and oxygen atoms in total. The van der Waals surface area contributed by atoms with Crippen molar-refractivity contribution in [2.75, 3.05) is 11.1 Å². The molecule has 2 heterocycles. The number of rotatable bonds is 4. The number of amides is 1. The first-order chi connectivity index (χ1) is 10.2. The molecule has 8 heteroatoms. The van der Waals surface area contributed by atoms with Crippen LogP contribution in [0, 0.1) is 0 Å². The molecule has 3 aromatic rings. The van der Waals surface area contributed by atoms with E-state index in [0.29, 0.717) is 12.2 Å². The van der Waals surface area contributed by atoms with Crippen molar-refractivity contribution >= 4 is 17.5 Å². The number of benzene rings is 1. The molecule has 0 aliphatic rings. The number of carbonyl (C=O) groups excluding carboxylic acids is 1. The molecule has 1 aromatic carbocycles. The number of aromatic nitrogens is 5. The number of aromatic amines is 1. The Morgan fingerprint density at radius 1 is 1.33 bits per heavy atom. The van der Waals surface area contributed by atoms with Gasteiger partial charge in [0.1, 0.15) is 0 Å². The van der Waals surface area contributed by atoms with Gasteiger partial charge < -0.3 is 11.1 Å². The second-order valence-electron chi connectivity index (χ2n) is 4.40. The van der Waals surface area contributed by atoms with Gasteiger partial charge in [0, 0.05) is 18.1 Å². The fourth-order valence-electron chi connectivity index (χ4n) is 1.84. The Kier molecular flexibility index (Phi) is 3.34. The first kappa shape index (κ1) is 12.9. The van der Waals surface area contributed by atoms with E-state index in [-0.39, 0.29) is 17.7 Å². The summed E-state index contributed by atoms with van der Waals surface area (Å²) in [7, 11) is 0. The van der Waals surface area contributed by atoms with Crippen LogP contribution in [0.3, 0.4) is 0 Å². The van der Waals surface area contributed by atoms with Crippen LogP contribution in [0.4, 0.5) is 11.6 Å². The number of anilines is 2. The molecule has 0 spiro atoms. The maximum Gasteiger partial charge on any atom is 0.293 e. The predicted molar refractivity (Wildman–Crippen MR) is 76.5 cm³/mol. The summed E-state index contributed by atoms with van der Waals surface area (Å²) >= 11 is 0. The molecule has 1 amide bonds. The van der Waals surface area contributed by atoms with Gasteiger partial charge in [-0.3, -0.25) is 14.6 Å². The van der Waals surface area contributed by atoms with Gasteiger partial charge in [0.2, 0.25) is 11.8 Å². The fraction of sp³-hybridized carbons (Fsp3) is 0.0769. The van der Waals surface area contributed by atoms with E-state index in [0.717, 1.165) is 5.56 Å². The second-order valence-corrected chi connectivity index (χ2v) is 4.40. The fourth-order valence-corrected chi connectivity index (χ4v) is 1.84. The number of nitrogens with one attached hydrogen (secondary N) is 2. The van der Waals surface area contributed by atoms with Crippen molar-refractivity contribution in [3.63, 3.8) is 0 Å².